The summed E-state index contributed by atoms with van der Waals surface area (Å²) in [7, 11) is 0. The van der Waals surface area contributed by atoms with Gasteiger partial charge in [-0.05, 0) is 39.2 Å². The highest BCUT2D eigenvalue weighted by molar-refractivity contribution is 9.10. The lowest BCUT2D eigenvalue weighted by Crippen LogP contribution is -1.93. The normalized spacial score (nSPS) is 12.3. The predicted molar refractivity (Wildman–Crippen MR) is 72.8 cm³/mol. The molecule has 0 fully saturated rings. The third-order valence-electron chi connectivity index (χ3n) is 2.71. The molecule has 0 atom stereocenters. The van der Waals surface area contributed by atoms with E-state index < -0.39 is 0 Å². The number of anilines is 2. The van der Waals surface area contributed by atoms with Crippen LogP contribution in [0, 0.1) is 0 Å². The van der Waals surface area contributed by atoms with Crippen molar-refractivity contribution < 1.29 is 0 Å². The molecular formula is C14H10BrN. The fourth-order valence-corrected chi connectivity index (χ4v) is 2.36. The minimum Gasteiger partial charge on any atom is -0.354 e. The summed E-state index contributed by atoms with van der Waals surface area (Å²) in [6, 6.07) is 14.5. The summed E-state index contributed by atoms with van der Waals surface area (Å²) in [5.41, 5.74) is 4.68. The first-order valence-electron chi connectivity index (χ1n) is 5.17. The second kappa shape index (κ2) is 3.80. The van der Waals surface area contributed by atoms with E-state index in [1.165, 1.54) is 11.1 Å². The minimum atomic E-state index is 1.09. The van der Waals surface area contributed by atoms with Gasteiger partial charge in [0.05, 0.1) is 5.69 Å². The molecule has 16 heavy (non-hydrogen) atoms. The van der Waals surface area contributed by atoms with Crippen LogP contribution < -0.4 is 5.32 Å². The first kappa shape index (κ1) is 9.67. The summed E-state index contributed by atoms with van der Waals surface area (Å²) in [6.07, 6.45) is 4.28. The third kappa shape index (κ3) is 1.55. The van der Waals surface area contributed by atoms with Gasteiger partial charge < -0.3 is 5.32 Å². The van der Waals surface area contributed by atoms with E-state index in [4.69, 9.17) is 0 Å². The van der Waals surface area contributed by atoms with Crippen molar-refractivity contribution in [3.8, 4) is 0 Å². The maximum absolute atomic E-state index is 3.57. The molecule has 0 saturated carbocycles. The molecule has 0 spiro atoms. The molecule has 3 rings (SSSR count). The van der Waals surface area contributed by atoms with Crippen molar-refractivity contribution in [2.75, 3.05) is 5.32 Å². The molecule has 0 amide bonds. The van der Waals surface area contributed by atoms with E-state index in [-0.39, 0.29) is 0 Å². The van der Waals surface area contributed by atoms with E-state index in [9.17, 15) is 0 Å². The second-order valence-corrected chi connectivity index (χ2v) is 4.60. The fraction of sp³-hybridized carbons (Fsp3) is 0. The standard InChI is InChI=1S/C14H10BrN/c15-12-6-3-5-11-9-8-10-4-1-2-7-13(10)16-14(11)12/h1-9,16H. The van der Waals surface area contributed by atoms with E-state index in [2.05, 4.69) is 57.7 Å². The van der Waals surface area contributed by atoms with Gasteiger partial charge in [-0.2, -0.15) is 0 Å². The van der Waals surface area contributed by atoms with Crippen molar-refractivity contribution in [1.82, 2.24) is 0 Å². The van der Waals surface area contributed by atoms with Crippen LogP contribution >= 0.6 is 15.9 Å². The molecule has 0 unspecified atom stereocenters. The Morgan fingerprint density at radius 3 is 2.50 bits per heavy atom. The van der Waals surface area contributed by atoms with Crippen LogP contribution in [0.25, 0.3) is 12.2 Å². The van der Waals surface area contributed by atoms with E-state index >= 15 is 0 Å². The molecule has 0 saturated heterocycles. The molecule has 78 valence electrons. The zero-order valence-electron chi connectivity index (χ0n) is 8.57. The zero-order chi connectivity index (χ0) is 11.0. The van der Waals surface area contributed by atoms with Crippen molar-refractivity contribution in [3.05, 3.63) is 58.1 Å². The first-order chi connectivity index (χ1) is 7.84. The molecule has 1 N–H and O–H groups in total. The minimum absolute atomic E-state index is 1.09. The Hall–Kier alpha value is -1.54. The van der Waals surface area contributed by atoms with Crippen LogP contribution in [0.4, 0.5) is 11.4 Å². The molecule has 2 aromatic carbocycles. The number of benzene rings is 2. The van der Waals surface area contributed by atoms with Crippen molar-refractivity contribution in [3.63, 3.8) is 0 Å². The third-order valence-corrected chi connectivity index (χ3v) is 3.37. The summed E-state index contributed by atoms with van der Waals surface area (Å²) < 4.78 is 1.09. The van der Waals surface area contributed by atoms with Gasteiger partial charge in [-0.1, -0.05) is 42.5 Å². The number of hydrogen-bond acceptors (Lipinski definition) is 1. The van der Waals surface area contributed by atoms with Gasteiger partial charge in [-0.15, -0.1) is 0 Å². The van der Waals surface area contributed by atoms with Crippen molar-refractivity contribution >= 4 is 39.5 Å². The van der Waals surface area contributed by atoms with Crippen LogP contribution in [0.5, 0.6) is 0 Å². The molecule has 0 aromatic heterocycles. The highest BCUT2D eigenvalue weighted by Gasteiger charge is 2.09. The van der Waals surface area contributed by atoms with E-state index in [1.807, 2.05) is 18.2 Å². The lowest BCUT2D eigenvalue weighted by Gasteiger charge is -2.11. The molecule has 1 heterocycles. The van der Waals surface area contributed by atoms with Crippen LogP contribution in [0.2, 0.25) is 0 Å². The monoisotopic (exact) mass is 271 g/mol. The Bertz CT molecular complexity index is 573. The summed E-state index contributed by atoms with van der Waals surface area (Å²) in [5, 5.41) is 3.46. The lowest BCUT2D eigenvalue weighted by molar-refractivity contribution is 1.51. The van der Waals surface area contributed by atoms with Gasteiger partial charge in [0.2, 0.25) is 0 Å². The van der Waals surface area contributed by atoms with Crippen molar-refractivity contribution in [1.29, 1.82) is 0 Å². The van der Waals surface area contributed by atoms with Gasteiger partial charge in [0, 0.05) is 10.2 Å². The van der Waals surface area contributed by atoms with Crippen LogP contribution in [0.1, 0.15) is 11.1 Å². The van der Waals surface area contributed by atoms with Crippen molar-refractivity contribution in [2.45, 2.75) is 0 Å². The van der Waals surface area contributed by atoms with Gasteiger partial charge in [0.25, 0.3) is 0 Å². The number of para-hydroxylation sites is 2. The molecule has 1 nitrogen and oxygen atoms in total. The number of hydrogen-bond donors (Lipinski definition) is 1. The van der Waals surface area contributed by atoms with Crippen LogP contribution in [-0.4, -0.2) is 0 Å². The maximum Gasteiger partial charge on any atom is 0.0602 e. The average Bonchev–Trinajstić information content (AvgIpc) is 2.50. The molecular weight excluding hydrogens is 262 g/mol. The molecule has 2 aromatic rings. The lowest BCUT2D eigenvalue weighted by atomic mass is 10.1. The number of rotatable bonds is 0. The molecule has 1 aliphatic rings. The topological polar surface area (TPSA) is 12.0 Å². The molecule has 0 aliphatic carbocycles. The number of halogens is 1. The Kier molecular flexibility index (Phi) is 2.29. The van der Waals surface area contributed by atoms with Crippen molar-refractivity contribution in [2.24, 2.45) is 0 Å². The summed E-state index contributed by atoms with van der Waals surface area (Å²) in [4.78, 5) is 0. The average molecular weight is 272 g/mol. The highest BCUT2D eigenvalue weighted by atomic mass is 79.9. The van der Waals surface area contributed by atoms with Gasteiger partial charge in [0.15, 0.2) is 0 Å². The van der Waals surface area contributed by atoms with Gasteiger partial charge in [0.1, 0.15) is 0 Å². The predicted octanol–water partition coefficient (Wildman–Crippen LogP) is 4.68. The van der Waals surface area contributed by atoms with Crippen LogP contribution in [0.15, 0.2) is 46.9 Å². The molecule has 0 radical (unpaired) electrons. The van der Waals surface area contributed by atoms with E-state index in [0.29, 0.717) is 0 Å². The number of nitrogens with one attached hydrogen (secondary N) is 1. The first-order valence-corrected chi connectivity index (χ1v) is 5.96. The Morgan fingerprint density at radius 2 is 1.56 bits per heavy atom. The van der Waals surface area contributed by atoms with Crippen LogP contribution in [0.3, 0.4) is 0 Å². The Balaban J connectivity index is 2.22. The molecule has 1 aliphatic heterocycles. The quantitative estimate of drug-likeness (QED) is 0.626. The highest BCUT2D eigenvalue weighted by Crippen LogP contribution is 2.34. The van der Waals surface area contributed by atoms with Crippen LogP contribution in [-0.2, 0) is 0 Å². The van der Waals surface area contributed by atoms with Gasteiger partial charge >= 0.3 is 0 Å². The Morgan fingerprint density at radius 1 is 0.812 bits per heavy atom. The smallest absolute Gasteiger partial charge is 0.0602 e. The summed E-state index contributed by atoms with van der Waals surface area (Å²) in [5.74, 6) is 0. The summed E-state index contributed by atoms with van der Waals surface area (Å²) >= 11 is 3.57. The SMILES string of the molecule is Brc1cccc2c1Nc1ccccc1C=C2. The van der Waals surface area contributed by atoms with E-state index in [1.54, 1.807) is 0 Å². The van der Waals surface area contributed by atoms with Gasteiger partial charge in [-0.25, -0.2) is 0 Å². The fourth-order valence-electron chi connectivity index (χ4n) is 1.88. The molecule has 0 bridgehead atoms. The second-order valence-electron chi connectivity index (χ2n) is 3.75. The maximum atomic E-state index is 3.57. The van der Waals surface area contributed by atoms with Gasteiger partial charge in [-0.3, -0.25) is 0 Å². The largest absolute Gasteiger partial charge is 0.354 e. The Labute approximate surface area is 103 Å². The summed E-state index contributed by atoms with van der Waals surface area (Å²) in [6.45, 7) is 0. The van der Waals surface area contributed by atoms with E-state index in [0.717, 1.165) is 15.8 Å². The molecule has 2 heteroatoms. The number of fused-ring (bicyclic) bond motifs is 2. The zero-order valence-corrected chi connectivity index (χ0v) is 10.2.